The van der Waals surface area contributed by atoms with E-state index < -0.39 is 24.6 Å². The Balaban J connectivity index is 1.38. The second-order valence-electron chi connectivity index (χ2n) is 8.69. The number of aliphatic hydroxyl groups excluding tert-OH is 1. The van der Waals surface area contributed by atoms with Crippen LogP contribution in [0, 0.1) is 0 Å². The highest BCUT2D eigenvalue weighted by atomic mass is 19.1. The summed E-state index contributed by atoms with van der Waals surface area (Å²) in [5.74, 6) is 1.20. The van der Waals surface area contributed by atoms with Crippen LogP contribution in [0.4, 0.5) is 16.0 Å². The molecule has 4 atom stereocenters. The summed E-state index contributed by atoms with van der Waals surface area (Å²) in [5.41, 5.74) is 7.34. The number of Topliss-reactive ketones (excluding diaryl/α,β-unsaturated/α-hetero) is 1. The molecule has 4 aromatic rings. The lowest BCUT2D eigenvalue weighted by Gasteiger charge is -2.17. The Hall–Kier alpha value is -3.83. The third-order valence-corrected chi connectivity index (χ3v) is 6.32. The van der Waals surface area contributed by atoms with Gasteiger partial charge in [-0.05, 0) is 30.7 Å². The van der Waals surface area contributed by atoms with Crippen LogP contribution in [0.2, 0.25) is 0 Å². The Bertz CT molecular complexity index is 1430. The lowest BCUT2D eigenvalue weighted by Crippen LogP contribution is -2.32. The Morgan fingerprint density at radius 1 is 1.31 bits per heavy atom. The van der Waals surface area contributed by atoms with E-state index in [0.29, 0.717) is 29.5 Å². The van der Waals surface area contributed by atoms with Crippen molar-refractivity contribution in [2.45, 2.75) is 44.4 Å². The number of hydrogen-bond donors (Lipinski definition) is 3. The SMILES string of the molecule is CCCC(=O)c1cn([C@@H]2O[C@H](COc3ccc4ccc(NC)nc4c3)[C@@H](O)[C@@H]2F)c2ncnc(N)c12. The van der Waals surface area contributed by atoms with Gasteiger partial charge >= 0.3 is 0 Å². The van der Waals surface area contributed by atoms with Gasteiger partial charge in [0, 0.05) is 36.7 Å². The number of aliphatic hydroxyl groups is 1. The number of ketones is 1. The van der Waals surface area contributed by atoms with E-state index in [0.717, 1.165) is 16.7 Å². The van der Waals surface area contributed by atoms with Gasteiger partial charge in [-0.2, -0.15) is 0 Å². The highest BCUT2D eigenvalue weighted by Crippen LogP contribution is 2.37. The number of hydrogen-bond acceptors (Lipinski definition) is 9. The quantitative estimate of drug-likeness (QED) is 0.315. The summed E-state index contributed by atoms with van der Waals surface area (Å²) in [4.78, 5) is 25.4. The number of nitrogens with two attached hydrogens (primary N) is 1. The number of aromatic nitrogens is 4. The molecule has 10 nitrogen and oxygen atoms in total. The smallest absolute Gasteiger partial charge is 0.173 e. The molecule has 1 saturated heterocycles. The van der Waals surface area contributed by atoms with E-state index in [2.05, 4.69) is 20.3 Å². The number of alkyl halides is 1. The zero-order chi connectivity index (χ0) is 25.4. The molecule has 0 unspecified atom stereocenters. The number of halogens is 1. The van der Waals surface area contributed by atoms with Crippen LogP contribution in [0.3, 0.4) is 0 Å². The average Bonchev–Trinajstić information content (AvgIpc) is 3.41. The van der Waals surface area contributed by atoms with E-state index in [4.69, 9.17) is 15.2 Å². The zero-order valence-corrected chi connectivity index (χ0v) is 19.9. The third-order valence-electron chi connectivity index (χ3n) is 6.32. The molecule has 0 bridgehead atoms. The van der Waals surface area contributed by atoms with Gasteiger partial charge in [-0.3, -0.25) is 4.79 Å². The van der Waals surface area contributed by atoms with Crippen molar-refractivity contribution in [1.29, 1.82) is 0 Å². The molecule has 1 aromatic carbocycles. The fourth-order valence-electron chi connectivity index (χ4n) is 4.45. The van der Waals surface area contributed by atoms with Crippen LogP contribution in [0.5, 0.6) is 5.75 Å². The molecule has 0 spiro atoms. The summed E-state index contributed by atoms with van der Waals surface area (Å²) in [7, 11) is 1.79. The highest BCUT2D eigenvalue weighted by molar-refractivity contribution is 6.10. The molecule has 4 N–H and O–H groups in total. The molecule has 5 rings (SSSR count). The maximum Gasteiger partial charge on any atom is 0.173 e. The number of nitrogens with one attached hydrogen (secondary N) is 1. The monoisotopic (exact) mass is 494 g/mol. The molecule has 3 aromatic heterocycles. The molecule has 0 saturated carbocycles. The normalized spacial score (nSPS) is 21.8. The largest absolute Gasteiger partial charge is 0.491 e. The number of carbonyl (C=O) groups excluding carboxylic acids is 1. The second kappa shape index (κ2) is 9.67. The summed E-state index contributed by atoms with van der Waals surface area (Å²) in [6, 6.07) is 9.23. The number of nitrogens with zero attached hydrogens (tertiary/aromatic N) is 4. The minimum Gasteiger partial charge on any atom is -0.491 e. The van der Waals surface area contributed by atoms with Crippen molar-refractivity contribution in [3.8, 4) is 5.75 Å². The van der Waals surface area contributed by atoms with Gasteiger partial charge in [0.2, 0.25) is 0 Å². The first-order valence-corrected chi connectivity index (χ1v) is 11.7. The summed E-state index contributed by atoms with van der Waals surface area (Å²) < 4.78 is 28.4. The van der Waals surface area contributed by atoms with E-state index in [-0.39, 0.29) is 23.9 Å². The van der Waals surface area contributed by atoms with Gasteiger partial charge in [-0.25, -0.2) is 19.3 Å². The number of anilines is 2. The number of nitrogen functional groups attached to an aromatic ring is 1. The van der Waals surface area contributed by atoms with Gasteiger partial charge in [-0.15, -0.1) is 0 Å². The van der Waals surface area contributed by atoms with E-state index in [1.54, 1.807) is 19.2 Å². The van der Waals surface area contributed by atoms with E-state index in [1.807, 2.05) is 25.1 Å². The molecule has 4 heterocycles. The van der Waals surface area contributed by atoms with Crippen molar-refractivity contribution in [3.05, 3.63) is 48.4 Å². The number of carbonyl (C=O) groups is 1. The minimum absolute atomic E-state index is 0.0900. The zero-order valence-electron chi connectivity index (χ0n) is 19.9. The molecule has 1 aliphatic heterocycles. The van der Waals surface area contributed by atoms with Crippen molar-refractivity contribution in [2.24, 2.45) is 0 Å². The Labute approximate surface area is 206 Å². The average molecular weight is 495 g/mol. The van der Waals surface area contributed by atoms with Crippen LogP contribution in [-0.4, -0.2) is 62.4 Å². The van der Waals surface area contributed by atoms with Crippen LogP contribution in [-0.2, 0) is 4.74 Å². The number of fused-ring (bicyclic) bond motifs is 2. The fourth-order valence-corrected chi connectivity index (χ4v) is 4.45. The van der Waals surface area contributed by atoms with Crippen molar-refractivity contribution >= 4 is 39.4 Å². The van der Waals surface area contributed by atoms with Crippen LogP contribution in [0.15, 0.2) is 42.9 Å². The molecule has 11 heteroatoms. The van der Waals surface area contributed by atoms with Crippen molar-refractivity contribution in [1.82, 2.24) is 19.5 Å². The summed E-state index contributed by atoms with van der Waals surface area (Å²) in [6.45, 7) is 1.80. The van der Waals surface area contributed by atoms with Crippen molar-refractivity contribution in [3.63, 3.8) is 0 Å². The van der Waals surface area contributed by atoms with Crippen molar-refractivity contribution in [2.75, 3.05) is 24.7 Å². The van der Waals surface area contributed by atoms with Gasteiger partial charge in [0.15, 0.2) is 18.2 Å². The first-order chi connectivity index (χ1) is 17.4. The van der Waals surface area contributed by atoms with Crippen LogP contribution < -0.4 is 15.8 Å². The number of benzene rings is 1. The lowest BCUT2D eigenvalue weighted by molar-refractivity contribution is -0.0410. The molecule has 0 amide bonds. The Morgan fingerprint density at radius 2 is 2.11 bits per heavy atom. The predicted molar refractivity (Wildman–Crippen MR) is 133 cm³/mol. The Kier molecular flexibility index (Phi) is 6.42. The first-order valence-electron chi connectivity index (χ1n) is 11.7. The van der Waals surface area contributed by atoms with E-state index in [9.17, 15) is 9.90 Å². The molecule has 36 heavy (non-hydrogen) atoms. The van der Waals surface area contributed by atoms with Gasteiger partial charge in [0.25, 0.3) is 0 Å². The molecule has 0 aliphatic carbocycles. The standard InChI is InChI=1S/C25H27FN6O4/c1-3-4-17(33)15-10-32(24-20(15)23(27)29-12-30-24)25-21(26)22(34)18(36-25)11-35-14-7-5-13-6-8-19(28-2)31-16(13)9-14/h5-10,12,18,21-22,25,34H,3-4,11H2,1-2H3,(H,28,31)(H2,27,29,30)/t18-,21+,22-,25-/m1/s1. The van der Waals surface area contributed by atoms with E-state index >= 15 is 4.39 Å². The molecular weight excluding hydrogens is 467 g/mol. The first kappa shape index (κ1) is 23.9. The maximum atomic E-state index is 15.3. The van der Waals surface area contributed by atoms with Crippen LogP contribution in [0.1, 0.15) is 36.4 Å². The van der Waals surface area contributed by atoms with Crippen molar-refractivity contribution < 1.29 is 23.8 Å². The Morgan fingerprint density at radius 3 is 2.89 bits per heavy atom. The summed E-state index contributed by atoms with van der Waals surface area (Å²) in [5, 5.41) is 14.9. The number of pyridine rings is 1. The maximum absolute atomic E-state index is 15.3. The molecular formula is C25H27FN6O4. The molecule has 188 valence electrons. The van der Waals surface area contributed by atoms with Gasteiger partial charge in [0.1, 0.15) is 48.2 Å². The van der Waals surface area contributed by atoms with Gasteiger partial charge in [-0.1, -0.05) is 6.92 Å². The molecule has 0 radical (unpaired) electrons. The number of rotatable bonds is 8. The molecule has 1 aliphatic rings. The van der Waals surface area contributed by atoms with Gasteiger partial charge < -0.3 is 30.2 Å². The minimum atomic E-state index is -1.78. The lowest BCUT2D eigenvalue weighted by atomic mass is 10.1. The van der Waals surface area contributed by atoms with Crippen LogP contribution >= 0.6 is 0 Å². The number of ether oxygens (including phenoxy) is 2. The van der Waals surface area contributed by atoms with Crippen LogP contribution in [0.25, 0.3) is 21.9 Å². The van der Waals surface area contributed by atoms with E-state index in [1.165, 1.54) is 17.1 Å². The summed E-state index contributed by atoms with van der Waals surface area (Å²) in [6.07, 6.45) is -1.73. The van der Waals surface area contributed by atoms with Gasteiger partial charge in [0.05, 0.1) is 10.9 Å². The second-order valence-corrected chi connectivity index (χ2v) is 8.69. The third kappa shape index (κ3) is 4.20. The summed E-state index contributed by atoms with van der Waals surface area (Å²) >= 11 is 0. The topological polar surface area (TPSA) is 137 Å². The highest BCUT2D eigenvalue weighted by Gasteiger charge is 2.46. The molecule has 1 fully saturated rings. The fraction of sp³-hybridized carbons (Fsp3) is 0.360. The predicted octanol–water partition coefficient (Wildman–Crippen LogP) is 3.26.